The molecule has 1 fully saturated rings. The number of hydrogen-bond acceptors (Lipinski definition) is 3. The highest BCUT2D eigenvalue weighted by Gasteiger charge is 2.27. The molecule has 2 N–H and O–H groups in total. The van der Waals surface area contributed by atoms with E-state index >= 15 is 0 Å². The number of rotatable bonds is 3. The third-order valence-corrected chi connectivity index (χ3v) is 3.13. The Morgan fingerprint density at radius 2 is 2.15 bits per heavy atom. The summed E-state index contributed by atoms with van der Waals surface area (Å²) >= 11 is 0. The summed E-state index contributed by atoms with van der Waals surface area (Å²) in [4.78, 5) is 2.40. The van der Waals surface area contributed by atoms with Crippen LogP contribution in [0.4, 0.5) is 0 Å². The van der Waals surface area contributed by atoms with Gasteiger partial charge in [0.05, 0.1) is 6.61 Å². The van der Waals surface area contributed by atoms with Gasteiger partial charge in [0.15, 0.2) is 0 Å². The van der Waals surface area contributed by atoms with Crippen LogP contribution in [-0.2, 0) is 0 Å². The van der Waals surface area contributed by atoms with E-state index in [9.17, 15) is 0 Å². The fourth-order valence-corrected chi connectivity index (χ4v) is 2.08. The Bertz CT molecular complexity index is 152. The topological polar surface area (TPSA) is 35.5 Å². The van der Waals surface area contributed by atoms with Crippen molar-refractivity contribution in [2.75, 3.05) is 26.7 Å². The molecule has 1 aliphatic heterocycles. The number of aliphatic hydroxyl groups excluding tert-OH is 1. The summed E-state index contributed by atoms with van der Waals surface area (Å²) in [6.45, 7) is 6.67. The van der Waals surface area contributed by atoms with Gasteiger partial charge in [-0.15, -0.1) is 0 Å². The number of nitrogens with one attached hydrogen (secondary N) is 1. The molecular formula is C10H22N2O. The normalized spacial score (nSPS) is 36.5. The van der Waals surface area contributed by atoms with Crippen LogP contribution in [0.5, 0.6) is 0 Å². The molecule has 3 heteroatoms. The number of aliphatic hydroxyl groups is 1. The van der Waals surface area contributed by atoms with E-state index in [0.29, 0.717) is 18.0 Å². The van der Waals surface area contributed by atoms with Gasteiger partial charge < -0.3 is 15.3 Å². The van der Waals surface area contributed by atoms with Gasteiger partial charge in [0.25, 0.3) is 0 Å². The molecule has 1 rings (SSSR count). The average molecular weight is 186 g/mol. The fraction of sp³-hybridized carbons (Fsp3) is 1.00. The molecule has 0 saturated carbocycles. The second-order valence-electron chi connectivity index (χ2n) is 4.29. The summed E-state index contributed by atoms with van der Waals surface area (Å²) in [5.41, 5.74) is 0. The van der Waals surface area contributed by atoms with Gasteiger partial charge in [0.1, 0.15) is 0 Å². The van der Waals surface area contributed by atoms with Crippen molar-refractivity contribution >= 4 is 0 Å². The van der Waals surface area contributed by atoms with Gasteiger partial charge in [-0.2, -0.15) is 0 Å². The van der Waals surface area contributed by atoms with Gasteiger partial charge in [-0.25, -0.2) is 0 Å². The third-order valence-electron chi connectivity index (χ3n) is 3.13. The maximum atomic E-state index is 8.73. The molecule has 0 aromatic carbocycles. The lowest BCUT2D eigenvalue weighted by molar-refractivity contribution is 0.118. The standard InChI is InChI=1S/C10H22N2O/c1-8-7-12(3)9(2)6-10(8)11-4-5-13/h8-11,13H,4-7H2,1-3H3/t8-,9+,10-/m1/s1. The van der Waals surface area contributed by atoms with Crippen molar-refractivity contribution in [2.24, 2.45) is 5.92 Å². The summed E-state index contributed by atoms with van der Waals surface area (Å²) < 4.78 is 0. The molecule has 13 heavy (non-hydrogen) atoms. The smallest absolute Gasteiger partial charge is 0.0556 e. The van der Waals surface area contributed by atoms with E-state index in [0.717, 1.165) is 13.1 Å². The van der Waals surface area contributed by atoms with E-state index in [4.69, 9.17) is 5.11 Å². The van der Waals surface area contributed by atoms with Gasteiger partial charge >= 0.3 is 0 Å². The summed E-state index contributed by atoms with van der Waals surface area (Å²) in [5, 5.41) is 12.1. The van der Waals surface area contributed by atoms with E-state index in [1.165, 1.54) is 6.42 Å². The Labute approximate surface area is 81.1 Å². The molecule has 0 aromatic rings. The lowest BCUT2D eigenvalue weighted by atomic mass is 9.90. The largest absolute Gasteiger partial charge is 0.395 e. The highest BCUT2D eigenvalue weighted by molar-refractivity contribution is 4.85. The molecule has 0 unspecified atom stereocenters. The van der Waals surface area contributed by atoms with Crippen molar-refractivity contribution in [3.05, 3.63) is 0 Å². The monoisotopic (exact) mass is 186 g/mol. The summed E-state index contributed by atoms with van der Waals surface area (Å²) in [7, 11) is 2.18. The van der Waals surface area contributed by atoms with E-state index in [2.05, 4.69) is 31.1 Å². The molecule has 3 atom stereocenters. The number of likely N-dealkylation sites (tertiary alicyclic amines) is 1. The van der Waals surface area contributed by atoms with Crippen LogP contribution in [0, 0.1) is 5.92 Å². The summed E-state index contributed by atoms with van der Waals surface area (Å²) in [6.07, 6.45) is 1.19. The van der Waals surface area contributed by atoms with Crippen LogP contribution in [-0.4, -0.2) is 48.8 Å². The first-order chi connectivity index (χ1) is 6.15. The van der Waals surface area contributed by atoms with Gasteiger partial charge in [0, 0.05) is 25.2 Å². The minimum Gasteiger partial charge on any atom is -0.395 e. The van der Waals surface area contributed by atoms with Gasteiger partial charge in [-0.05, 0) is 26.3 Å². The molecular weight excluding hydrogens is 164 g/mol. The van der Waals surface area contributed by atoms with Crippen molar-refractivity contribution in [1.29, 1.82) is 0 Å². The van der Waals surface area contributed by atoms with Crippen LogP contribution in [0.1, 0.15) is 20.3 Å². The molecule has 78 valence electrons. The van der Waals surface area contributed by atoms with E-state index in [1.807, 2.05) is 0 Å². The van der Waals surface area contributed by atoms with Crippen molar-refractivity contribution < 1.29 is 5.11 Å². The molecule has 0 aromatic heterocycles. The predicted octanol–water partition coefficient (Wildman–Crippen LogP) is 0.297. The molecule has 0 radical (unpaired) electrons. The summed E-state index contributed by atoms with van der Waals surface area (Å²) in [5.74, 6) is 0.688. The van der Waals surface area contributed by atoms with Crippen LogP contribution in [0.25, 0.3) is 0 Å². The Kier molecular flexibility index (Phi) is 4.16. The van der Waals surface area contributed by atoms with Crippen LogP contribution < -0.4 is 5.32 Å². The zero-order valence-electron chi connectivity index (χ0n) is 8.95. The van der Waals surface area contributed by atoms with Crippen LogP contribution in [0.3, 0.4) is 0 Å². The van der Waals surface area contributed by atoms with Gasteiger partial charge in [-0.1, -0.05) is 6.92 Å². The zero-order chi connectivity index (χ0) is 9.84. The first kappa shape index (κ1) is 11.0. The summed E-state index contributed by atoms with van der Waals surface area (Å²) in [6, 6.07) is 1.24. The van der Waals surface area contributed by atoms with Gasteiger partial charge in [-0.3, -0.25) is 0 Å². The molecule has 0 amide bonds. The second-order valence-corrected chi connectivity index (χ2v) is 4.29. The quantitative estimate of drug-likeness (QED) is 0.665. The highest BCUT2D eigenvalue weighted by Crippen LogP contribution is 2.20. The molecule has 0 aliphatic carbocycles. The maximum Gasteiger partial charge on any atom is 0.0556 e. The Balaban J connectivity index is 2.37. The number of nitrogens with zero attached hydrogens (tertiary/aromatic N) is 1. The molecule has 1 aliphatic rings. The first-order valence-electron chi connectivity index (χ1n) is 5.19. The lowest BCUT2D eigenvalue weighted by Crippen LogP contribution is -2.51. The predicted molar refractivity (Wildman–Crippen MR) is 54.7 cm³/mol. The molecule has 0 bridgehead atoms. The van der Waals surface area contributed by atoms with E-state index in [-0.39, 0.29) is 6.61 Å². The fourth-order valence-electron chi connectivity index (χ4n) is 2.08. The van der Waals surface area contributed by atoms with Crippen molar-refractivity contribution in [1.82, 2.24) is 10.2 Å². The molecule has 1 heterocycles. The second kappa shape index (κ2) is 4.94. The average Bonchev–Trinajstić information content (AvgIpc) is 2.09. The maximum absolute atomic E-state index is 8.73. The lowest BCUT2D eigenvalue weighted by Gasteiger charge is -2.40. The van der Waals surface area contributed by atoms with E-state index in [1.54, 1.807) is 0 Å². The first-order valence-corrected chi connectivity index (χ1v) is 5.19. The van der Waals surface area contributed by atoms with Crippen LogP contribution in [0.2, 0.25) is 0 Å². The Morgan fingerprint density at radius 3 is 2.77 bits per heavy atom. The number of hydrogen-bond donors (Lipinski definition) is 2. The van der Waals surface area contributed by atoms with Crippen molar-refractivity contribution in [3.63, 3.8) is 0 Å². The Hall–Kier alpha value is -0.120. The van der Waals surface area contributed by atoms with Crippen LogP contribution >= 0.6 is 0 Å². The molecule has 1 saturated heterocycles. The van der Waals surface area contributed by atoms with Crippen molar-refractivity contribution in [3.8, 4) is 0 Å². The number of piperidine rings is 1. The van der Waals surface area contributed by atoms with Gasteiger partial charge in [0.2, 0.25) is 0 Å². The minimum absolute atomic E-state index is 0.243. The van der Waals surface area contributed by atoms with Crippen LogP contribution in [0.15, 0.2) is 0 Å². The van der Waals surface area contributed by atoms with Crippen molar-refractivity contribution in [2.45, 2.75) is 32.4 Å². The molecule has 0 spiro atoms. The molecule has 3 nitrogen and oxygen atoms in total. The SMILES string of the molecule is C[C@@H]1CN(C)[C@@H](C)C[C@H]1NCCO. The minimum atomic E-state index is 0.243. The third kappa shape index (κ3) is 2.93. The zero-order valence-corrected chi connectivity index (χ0v) is 8.95. The van der Waals surface area contributed by atoms with E-state index < -0.39 is 0 Å². The Morgan fingerprint density at radius 1 is 1.46 bits per heavy atom. The highest BCUT2D eigenvalue weighted by atomic mass is 16.3.